The van der Waals surface area contributed by atoms with Crippen molar-refractivity contribution in [3.8, 4) is 0 Å². The van der Waals surface area contributed by atoms with Gasteiger partial charge < -0.3 is 0 Å². The van der Waals surface area contributed by atoms with Gasteiger partial charge in [-0.05, 0) is 65.6 Å². The van der Waals surface area contributed by atoms with Crippen molar-refractivity contribution in [2.75, 3.05) is 0 Å². The van der Waals surface area contributed by atoms with Gasteiger partial charge in [-0.15, -0.1) is 0 Å². The van der Waals surface area contributed by atoms with E-state index in [1.807, 2.05) is 0 Å². The van der Waals surface area contributed by atoms with Crippen LogP contribution in [0.25, 0.3) is 43.1 Å². The molecule has 0 heterocycles. The van der Waals surface area contributed by atoms with Gasteiger partial charge in [-0.3, -0.25) is 0 Å². The number of benzene rings is 6. The standard InChI is InChI=1S/C34H36Si3/c1-35(2,33-29-19-11-7-15-25(29)23-26-16-8-12-20-30(26)33)37(5,6)36(3,4)34-31-21-13-9-17-27(31)24-28-18-10-14-22-32(28)34/h7-24H,1-6H3. The normalized spacial score (nSPS) is 13.1. The summed E-state index contributed by atoms with van der Waals surface area (Å²) in [7, 11) is -5.69. The summed E-state index contributed by atoms with van der Waals surface area (Å²) in [5.74, 6) is 0. The molecule has 0 bridgehead atoms. The molecule has 6 aromatic carbocycles. The van der Waals surface area contributed by atoms with Crippen molar-refractivity contribution >= 4 is 75.8 Å². The second-order valence-electron chi connectivity index (χ2n) is 12.3. The molecule has 184 valence electrons. The first-order chi connectivity index (χ1) is 17.6. The van der Waals surface area contributed by atoms with E-state index in [-0.39, 0.29) is 0 Å². The zero-order chi connectivity index (χ0) is 26.0. The fourth-order valence-corrected chi connectivity index (χ4v) is 39.6. The topological polar surface area (TPSA) is 0 Å². The second kappa shape index (κ2) is 8.52. The van der Waals surface area contributed by atoms with Crippen LogP contribution in [-0.2, 0) is 0 Å². The monoisotopic (exact) mass is 528 g/mol. The van der Waals surface area contributed by atoms with Crippen LogP contribution in [-0.4, -0.2) is 22.3 Å². The van der Waals surface area contributed by atoms with Gasteiger partial charge in [-0.1, -0.05) is 136 Å². The van der Waals surface area contributed by atoms with Gasteiger partial charge in [0, 0.05) is 7.11 Å². The summed E-state index contributed by atoms with van der Waals surface area (Å²) in [6.07, 6.45) is 0. The molecule has 0 N–H and O–H groups in total. The van der Waals surface area contributed by atoms with E-state index in [2.05, 4.69) is 148 Å². The van der Waals surface area contributed by atoms with Crippen molar-refractivity contribution in [2.24, 2.45) is 0 Å². The number of hydrogen-bond acceptors (Lipinski definition) is 0. The first kappa shape index (κ1) is 24.4. The SMILES string of the molecule is C[Si](C)(c1c2ccccc2cc2ccccc12)[Si](C)(C)[Si](C)(C)c1c2ccccc2cc2ccccc12. The maximum absolute atomic E-state index is 2.75. The molecule has 0 saturated heterocycles. The van der Waals surface area contributed by atoms with Crippen molar-refractivity contribution < 1.29 is 0 Å². The Morgan fingerprint density at radius 2 is 0.595 bits per heavy atom. The molecule has 0 saturated carbocycles. The quantitative estimate of drug-likeness (QED) is 0.159. The Balaban J connectivity index is 1.68. The van der Waals surface area contributed by atoms with Gasteiger partial charge in [0.2, 0.25) is 0 Å². The Morgan fingerprint density at radius 1 is 0.351 bits per heavy atom. The predicted molar refractivity (Wildman–Crippen MR) is 175 cm³/mol. The molecule has 6 rings (SSSR count). The third-order valence-corrected chi connectivity index (χ3v) is 51.2. The second-order valence-corrected chi connectivity index (χ2v) is 39.5. The van der Waals surface area contributed by atoms with E-state index in [0.29, 0.717) is 0 Å². The molecule has 0 spiro atoms. The molecule has 0 fully saturated rings. The van der Waals surface area contributed by atoms with Crippen LogP contribution in [0.4, 0.5) is 0 Å². The Hall–Kier alpha value is -2.99. The van der Waals surface area contributed by atoms with E-state index in [4.69, 9.17) is 0 Å². The summed E-state index contributed by atoms with van der Waals surface area (Å²) >= 11 is 0. The summed E-state index contributed by atoms with van der Waals surface area (Å²) in [4.78, 5) is 0. The van der Waals surface area contributed by atoms with Crippen LogP contribution in [0, 0.1) is 0 Å². The lowest BCUT2D eigenvalue weighted by Gasteiger charge is -2.50. The minimum absolute atomic E-state index is 1.39. The summed E-state index contributed by atoms with van der Waals surface area (Å²) < 4.78 is 0. The highest BCUT2D eigenvalue weighted by atomic mass is 29.6. The van der Waals surface area contributed by atoms with Gasteiger partial charge in [0.15, 0.2) is 0 Å². The molecule has 0 atom stereocenters. The van der Waals surface area contributed by atoms with Gasteiger partial charge in [-0.25, -0.2) is 0 Å². The smallest absolute Gasteiger partial charge is 0.0725 e. The lowest BCUT2D eigenvalue weighted by Crippen LogP contribution is -2.78. The summed E-state index contributed by atoms with van der Waals surface area (Å²) in [6, 6.07) is 41.3. The highest BCUT2D eigenvalue weighted by molar-refractivity contribution is 7.73. The van der Waals surface area contributed by atoms with E-state index >= 15 is 0 Å². The largest absolute Gasteiger partial charge is 0.0734 e. The zero-order valence-corrected chi connectivity index (χ0v) is 25.9. The van der Waals surface area contributed by atoms with E-state index in [0.717, 1.165) is 0 Å². The van der Waals surface area contributed by atoms with Crippen molar-refractivity contribution in [1.82, 2.24) is 0 Å². The van der Waals surface area contributed by atoms with Crippen LogP contribution in [0.1, 0.15) is 0 Å². The molecular weight excluding hydrogens is 493 g/mol. The fourth-order valence-electron chi connectivity index (χ4n) is 6.78. The molecule has 0 aromatic heterocycles. The lowest BCUT2D eigenvalue weighted by molar-refractivity contribution is 1.73. The van der Waals surface area contributed by atoms with Crippen LogP contribution in [0.3, 0.4) is 0 Å². The molecule has 0 aliphatic rings. The van der Waals surface area contributed by atoms with Crippen LogP contribution in [0.15, 0.2) is 109 Å². The Morgan fingerprint density at radius 3 is 0.865 bits per heavy atom. The average molecular weight is 529 g/mol. The van der Waals surface area contributed by atoms with Gasteiger partial charge in [0.1, 0.15) is 0 Å². The van der Waals surface area contributed by atoms with Gasteiger partial charge >= 0.3 is 0 Å². The summed E-state index contributed by atoms with van der Waals surface area (Å²) in [5.41, 5.74) is 0. The van der Waals surface area contributed by atoms with E-state index in [1.165, 1.54) is 43.1 Å². The minimum Gasteiger partial charge on any atom is -0.0725 e. The Labute approximate surface area is 223 Å². The molecule has 37 heavy (non-hydrogen) atoms. The van der Waals surface area contributed by atoms with Crippen LogP contribution in [0.5, 0.6) is 0 Å². The molecule has 0 nitrogen and oxygen atoms in total. The molecule has 0 amide bonds. The van der Waals surface area contributed by atoms with E-state index in [9.17, 15) is 0 Å². The van der Waals surface area contributed by atoms with Crippen molar-refractivity contribution in [1.29, 1.82) is 0 Å². The summed E-state index contributed by atoms with van der Waals surface area (Å²) in [5, 5.41) is 14.8. The maximum Gasteiger partial charge on any atom is 0.0734 e. The molecule has 0 radical (unpaired) electrons. The fraction of sp³-hybridized carbons (Fsp3) is 0.176. The molecule has 3 heteroatoms. The third kappa shape index (κ3) is 3.52. The van der Waals surface area contributed by atoms with E-state index in [1.54, 1.807) is 10.4 Å². The first-order valence-electron chi connectivity index (χ1n) is 13.5. The number of fused-ring (bicyclic) bond motifs is 4. The molecule has 0 aliphatic carbocycles. The van der Waals surface area contributed by atoms with E-state index < -0.39 is 22.3 Å². The van der Waals surface area contributed by atoms with Crippen molar-refractivity contribution in [2.45, 2.75) is 39.3 Å². The van der Waals surface area contributed by atoms with Gasteiger partial charge in [0.25, 0.3) is 0 Å². The highest BCUT2D eigenvalue weighted by Gasteiger charge is 2.55. The molecule has 0 aliphatic heterocycles. The number of hydrogen-bond donors (Lipinski definition) is 0. The minimum atomic E-state index is -1.93. The maximum atomic E-state index is 2.75. The highest BCUT2D eigenvalue weighted by Crippen LogP contribution is 2.36. The first-order valence-corrected chi connectivity index (χ1v) is 24.5. The van der Waals surface area contributed by atoms with Gasteiger partial charge in [0.05, 0.1) is 15.2 Å². The zero-order valence-electron chi connectivity index (χ0n) is 22.9. The van der Waals surface area contributed by atoms with Crippen molar-refractivity contribution in [3.63, 3.8) is 0 Å². The molecular formula is C34H36Si3. The van der Waals surface area contributed by atoms with Crippen LogP contribution < -0.4 is 10.4 Å². The van der Waals surface area contributed by atoms with Crippen LogP contribution in [0.2, 0.25) is 39.3 Å². The molecule has 6 aromatic rings. The Kier molecular flexibility index (Phi) is 5.61. The van der Waals surface area contributed by atoms with Gasteiger partial charge in [-0.2, -0.15) is 0 Å². The Bertz CT molecular complexity index is 1570. The summed E-state index contributed by atoms with van der Waals surface area (Å²) in [6.45, 7) is 16.3. The predicted octanol–water partition coefficient (Wildman–Crippen LogP) is 8.70. The van der Waals surface area contributed by atoms with Crippen molar-refractivity contribution in [3.05, 3.63) is 109 Å². The van der Waals surface area contributed by atoms with Crippen LogP contribution >= 0.6 is 0 Å². The molecule has 0 unspecified atom stereocenters. The average Bonchev–Trinajstić information content (AvgIpc) is 2.89. The number of rotatable bonds is 4. The lowest BCUT2D eigenvalue weighted by atomic mass is 10.0. The third-order valence-electron chi connectivity index (χ3n) is 9.92.